The molecule has 0 aliphatic carbocycles. The minimum Gasteiger partial charge on any atom is -0.465 e. The first kappa shape index (κ1) is 18.1. The molecule has 140 valence electrons. The summed E-state index contributed by atoms with van der Waals surface area (Å²) in [6.07, 6.45) is 3.70. The van der Waals surface area contributed by atoms with Crippen molar-refractivity contribution in [3.8, 4) is 16.9 Å². The van der Waals surface area contributed by atoms with Gasteiger partial charge < -0.3 is 9.15 Å². The summed E-state index contributed by atoms with van der Waals surface area (Å²) < 4.78 is 12.0. The first-order chi connectivity index (χ1) is 13.6. The van der Waals surface area contributed by atoms with E-state index in [0.717, 1.165) is 11.1 Å². The molecule has 0 fully saturated rings. The van der Waals surface area contributed by atoms with Crippen LogP contribution in [0, 0.1) is 0 Å². The van der Waals surface area contributed by atoms with Gasteiger partial charge in [-0.05, 0) is 42.7 Å². The van der Waals surface area contributed by atoms with Gasteiger partial charge in [0.25, 0.3) is 0 Å². The Labute approximate surface area is 164 Å². The van der Waals surface area contributed by atoms with Crippen molar-refractivity contribution >= 4 is 28.7 Å². The number of hydrogen-bond acceptors (Lipinski definition) is 6. The number of rotatable bonds is 4. The van der Waals surface area contributed by atoms with Crippen molar-refractivity contribution in [1.29, 1.82) is 0 Å². The fourth-order valence-electron chi connectivity index (χ4n) is 2.94. The molecule has 28 heavy (non-hydrogen) atoms. The average Bonchev–Trinajstić information content (AvgIpc) is 3.17. The molecular formula is C21H16N2O4S. The molecule has 0 N–H and O–H groups in total. The molecule has 4 aromatic rings. The molecule has 0 amide bonds. The highest BCUT2D eigenvalue weighted by Crippen LogP contribution is 2.26. The lowest BCUT2D eigenvalue weighted by Crippen LogP contribution is -2.03. The standard InChI is InChI=1S/C21H16N2O4S/c1-26-19(24)13-7-9-15(10-8-13)23-12-17(22-21(23)28-2)16-11-14-5-3-4-6-18(14)27-20(16)25/h3-12H,1-2H3. The number of esters is 1. The lowest BCUT2D eigenvalue weighted by atomic mass is 10.1. The summed E-state index contributed by atoms with van der Waals surface area (Å²) in [4.78, 5) is 28.7. The summed E-state index contributed by atoms with van der Waals surface area (Å²) in [5.41, 5.74) is 2.32. The largest absolute Gasteiger partial charge is 0.465 e. The van der Waals surface area contributed by atoms with E-state index in [-0.39, 0.29) is 0 Å². The van der Waals surface area contributed by atoms with Gasteiger partial charge in [-0.1, -0.05) is 30.0 Å². The number of carbonyl (C=O) groups excluding carboxylic acids is 1. The van der Waals surface area contributed by atoms with Gasteiger partial charge in [0.05, 0.1) is 23.9 Å². The van der Waals surface area contributed by atoms with Crippen molar-refractivity contribution in [2.24, 2.45) is 0 Å². The van der Waals surface area contributed by atoms with Crippen LogP contribution in [0.1, 0.15) is 10.4 Å². The highest BCUT2D eigenvalue weighted by atomic mass is 32.2. The molecular weight excluding hydrogens is 376 g/mol. The molecule has 0 radical (unpaired) electrons. The predicted molar refractivity (Wildman–Crippen MR) is 108 cm³/mol. The summed E-state index contributed by atoms with van der Waals surface area (Å²) >= 11 is 1.46. The number of para-hydroxylation sites is 1. The molecule has 0 atom stereocenters. The molecule has 7 heteroatoms. The second-order valence-corrected chi connectivity index (χ2v) is 6.78. The maximum Gasteiger partial charge on any atom is 0.345 e. The topological polar surface area (TPSA) is 74.3 Å². The Hall–Kier alpha value is -3.32. The van der Waals surface area contributed by atoms with Crippen LogP contribution < -0.4 is 5.63 Å². The molecule has 4 rings (SSSR count). The second-order valence-electron chi connectivity index (χ2n) is 6.01. The summed E-state index contributed by atoms with van der Waals surface area (Å²) in [5, 5.41) is 1.55. The van der Waals surface area contributed by atoms with E-state index in [2.05, 4.69) is 4.98 Å². The van der Waals surface area contributed by atoms with Gasteiger partial charge in [-0.3, -0.25) is 4.57 Å². The summed E-state index contributed by atoms with van der Waals surface area (Å²) in [7, 11) is 1.35. The molecule has 0 aliphatic rings. The van der Waals surface area contributed by atoms with E-state index in [1.165, 1.54) is 18.9 Å². The monoisotopic (exact) mass is 392 g/mol. The zero-order chi connectivity index (χ0) is 19.7. The highest BCUT2D eigenvalue weighted by molar-refractivity contribution is 7.98. The third-order valence-electron chi connectivity index (χ3n) is 4.34. The van der Waals surface area contributed by atoms with Crippen molar-refractivity contribution in [2.75, 3.05) is 13.4 Å². The van der Waals surface area contributed by atoms with Crippen LogP contribution in [-0.4, -0.2) is 28.9 Å². The maximum absolute atomic E-state index is 12.5. The van der Waals surface area contributed by atoms with Crippen LogP contribution in [0.5, 0.6) is 0 Å². The van der Waals surface area contributed by atoms with Gasteiger partial charge in [-0.2, -0.15) is 0 Å². The number of ether oxygens (including phenoxy) is 1. The number of thioether (sulfide) groups is 1. The normalized spacial score (nSPS) is 10.9. The zero-order valence-corrected chi connectivity index (χ0v) is 16.0. The number of methoxy groups -OCH3 is 1. The molecule has 2 aromatic heterocycles. The van der Waals surface area contributed by atoms with Crippen LogP contribution >= 0.6 is 11.8 Å². The quantitative estimate of drug-likeness (QED) is 0.295. The maximum atomic E-state index is 12.5. The highest BCUT2D eigenvalue weighted by Gasteiger charge is 2.15. The van der Waals surface area contributed by atoms with E-state index in [4.69, 9.17) is 9.15 Å². The Morgan fingerprint density at radius 1 is 1.14 bits per heavy atom. The Morgan fingerprint density at radius 3 is 2.61 bits per heavy atom. The molecule has 0 aliphatic heterocycles. The van der Waals surface area contributed by atoms with E-state index in [9.17, 15) is 9.59 Å². The van der Waals surface area contributed by atoms with Crippen molar-refractivity contribution < 1.29 is 13.9 Å². The summed E-state index contributed by atoms with van der Waals surface area (Å²) in [6.45, 7) is 0. The fourth-order valence-corrected chi connectivity index (χ4v) is 3.48. The Kier molecular flexibility index (Phi) is 4.75. The first-order valence-electron chi connectivity index (χ1n) is 8.46. The van der Waals surface area contributed by atoms with Crippen LogP contribution in [0.4, 0.5) is 0 Å². The number of hydrogen-bond donors (Lipinski definition) is 0. The summed E-state index contributed by atoms with van der Waals surface area (Å²) in [6, 6.07) is 16.1. The van der Waals surface area contributed by atoms with Gasteiger partial charge >= 0.3 is 11.6 Å². The first-order valence-corrected chi connectivity index (χ1v) is 9.68. The Balaban J connectivity index is 1.80. The number of imidazole rings is 1. The summed E-state index contributed by atoms with van der Waals surface area (Å²) in [5.74, 6) is -0.392. The predicted octanol–water partition coefficient (Wildman–Crippen LogP) is 4.15. The molecule has 0 saturated carbocycles. The lowest BCUT2D eigenvalue weighted by molar-refractivity contribution is 0.0600. The van der Waals surface area contributed by atoms with Gasteiger partial charge in [-0.25, -0.2) is 14.6 Å². The van der Waals surface area contributed by atoms with E-state index in [0.29, 0.717) is 27.6 Å². The third-order valence-corrected chi connectivity index (χ3v) is 4.99. The van der Waals surface area contributed by atoms with Crippen molar-refractivity contribution in [2.45, 2.75) is 5.16 Å². The molecule has 0 bridgehead atoms. The van der Waals surface area contributed by atoms with Gasteiger partial charge in [0.15, 0.2) is 5.16 Å². The van der Waals surface area contributed by atoms with Gasteiger partial charge in [0, 0.05) is 17.3 Å². The fraction of sp³-hybridized carbons (Fsp3) is 0.0952. The van der Waals surface area contributed by atoms with E-state index < -0.39 is 11.6 Å². The minimum absolute atomic E-state index is 0.392. The third kappa shape index (κ3) is 3.20. The smallest absolute Gasteiger partial charge is 0.345 e. The van der Waals surface area contributed by atoms with Crippen LogP contribution in [0.15, 0.2) is 75.2 Å². The van der Waals surface area contributed by atoms with E-state index >= 15 is 0 Å². The van der Waals surface area contributed by atoms with E-state index in [1.54, 1.807) is 42.6 Å². The molecule has 0 spiro atoms. The molecule has 2 heterocycles. The molecule has 0 unspecified atom stereocenters. The molecule has 0 saturated heterocycles. The lowest BCUT2D eigenvalue weighted by Gasteiger charge is -2.06. The molecule has 2 aromatic carbocycles. The second kappa shape index (κ2) is 7.36. The van der Waals surface area contributed by atoms with Crippen LogP contribution in [0.3, 0.4) is 0 Å². The van der Waals surface area contributed by atoms with Crippen LogP contribution in [-0.2, 0) is 4.74 Å². The van der Waals surface area contributed by atoms with Crippen LogP contribution in [0.2, 0.25) is 0 Å². The van der Waals surface area contributed by atoms with E-state index in [1.807, 2.05) is 29.0 Å². The number of fused-ring (bicyclic) bond motifs is 1. The van der Waals surface area contributed by atoms with Crippen molar-refractivity contribution in [3.05, 3.63) is 76.8 Å². The van der Waals surface area contributed by atoms with Gasteiger partial charge in [0.1, 0.15) is 5.58 Å². The number of aromatic nitrogens is 2. The van der Waals surface area contributed by atoms with Gasteiger partial charge in [0.2, 0.25) is 0 Å². The van der Waals surface area contributed by atoms with Gasteiger partial charge in [-0.15, -0.1) is 0 Å². The van der Waals surface area contributed by atoms with Crippen molar-refractivity contribution in [1.82, 2.24) is 9.55 Å². The number of benzene rings is 2. The zero-order valence-electron chi connectivity index (χ0n) is 15.2. The molecule has 6 nitrogen and oxygen atoms in total. The minimum atomic E-state index is -0.433. The Bertz CT molecular complexity index is 1230. The Morgan fingerprint density at radius 2 is 1.89 bits per heavy atom. The number of nitrogens with zero attached hydrogens (tertiary/aromatic N) is 2. The van der Waals surface area contributed by atoms with Crippen molar-refractivity contribution in [3.63, 3.8) is 0 Å². The SMILES string of the molecule is COC(=O)c1ccc(-n2cc(-c3cc4ccccc4oc3=O)nc2SC)cc1. The van der Waals surface area contributed by atoms with Crippen LogP contribution in [0.25, 0.3) is 27.9 Å². The number of carbonyl (C=O) groups is 1. The average molecular weight is 392 g/mol.